The number of hydrogen-bond acceptors (Lipinski definition) is 2. The largest absolute Gasteiger partial charge is 0.493 e. The first-order valence-corrected chi connectivity index (χ1v) is 12.2. The molecular weight excluding hydrogens is 345 g/mol. The van der Waals surface area contributed by atoms with Crippen LogP contribution in [0.25, 0.3) is 0 Å². The summed E-state index contributed by atoms with van der Waals surface area (Å²) >= 11 is 0. The van der Waals surface area contributed by atoms with Crippen LogP contribution in [0.15, 0.2) is 17.1 Å². The molecular formula is C18H29F3N2OSi. The van der Waals surface area contributed by atoms with E-state index in [-0.39, 0.29) is 5.75 Å². The van der Waals surface area contributed by atoms with Gasteiger partial charge in [0.05, 0.1) is 18.5 Å². The maximum atomic E-state index is 13.4. The van der Waals surface area contributed by atoms with Gasteiger partial charge in [-0.2, -0.15) is 13.2 Å². The first kappa shape index (κ1) is 21.5. The van der Waals surface area contributed by atoms with Crippen molar-refractivity contribution >= 4 is 20.1 Å². The van der Waals surface area contributed by atoms with Crippen molar-refractivity contribution in [2.24, 2.45) is 4.99 Å². The summed E-state index contributed by atoms with van der Waals surface area (Å²) in [5.74, 6) is -0.0924. The molecule has 0 N–H and O–H groups in total. The molecule has 0 saturated heterocycles. The van der Waals surface area contributed by atoms with Gasteiger partial charge in [-0.05, 0) is 38.0 Å². The van der Waals surface area contributed by atoms with E-state index in [2.05, 4.69) is 24.6 Å². The first-order valence-electron chi connectivity index (χ1n) is 8.53. The highest BCUT2D eigenvalue weighted by molar-refractivity contribution is 6.76. The fourth-order valence-electron chi connectivity index (χ4n) is 2.44. The topological polar surface area (TPSA) is 24.8 Å². The van der Waals surface area contributed by atoms with E-state index >= 15 is 0 Å². The molecule has 1 rings (SSSR count). The van der Waals surface area contributed by atoms with Crippen molar-refractivity contribution in [2.75, 3.05) is 25.1 Å². The zero-order valence-electron chi connectivity index (χ0n) is 16.0. The summed E-state index contributed by atoms with van der Waals surface area (Å²) in [5.41, 5.74) is 0.454. The summed E-state index contributed by atoms with van der Waals surface area (Å²) in [4.78, 5) is 5.68. The Morgan fingerprint density at radius 2 is 1.88 bits per heavy atom. The van der Waals surface area contributed by atoms with E-state index in [9.17, 15) is 13.2 Å². The Morgan fingerprint density at radius 1 is 1.24 bits per heavy atom. The second kappa shape index (κ2) is 8.74. The van der Waals surface area contributed by atoms with Gasteiger partial charge in [-0.25, -0.2) is 0 Å². The van der Waals surface area contributed by atoms with Crippen LogP contribution < -0.4 is 9.64 Å². The quantitative estimate of drug-likeness (QED) is 0.256. The molecule has 0 radical (unpaired) electrons. The summed E-state index contributed by atoms with van der Waals surface area (Å²) in [6.45, 7) is 11.2. The Morgan fingerprint density at radius 3 is 2.40 bits per heavy atom. The fourth-order valence-corrected chi connectivity index (χ4v) is 3.65. The molecule has 0 heterocycles. The molecule has 1 aromatic rings. The third kappa shape index (κ3) is 7.10. The van der Waals surface area contributed by atoms with E-state index in [4.69, 9.17) is 4.74 Å². The first-order chi connectivity index (χ1) is 11.5. The minimum Gasteiger partial charge on any atom is -0.493 e. The maximum Gasteiger partial charge on any atom is 0.420 e. The molecule has 142 valence electrons. The summed E-state index contributed by atoms with van der Waals surface area (Å²) in [6.07, 6.45) is -2.15. The smallest absolute Gasteiger partial charge is 0.420 e. The molecule has 7 heteroatoms. The number of rotatable bonds is 8. The molecule has 0 unspecified atom stereocenters. The summed E-state index contributed by atoms with van der Waals surface area (Å²) < 4.78 is 45.9. The monoisotopic (exact) mass is 374 g/mol. The maximum absolute atomic E-state index is 13.4. The standard InChI is InChI=1S/C18H29F3N2OSi/c1-7-22-13-23(3)16-12-15(18(19,20)21)17(11-14(16)2)24-9-8-10-25(4,5)6/h11-13H,7-10H2,1-6H3. The van der Waals surface area contributed by atoms with E-state index in [1.54, 1.807) is 18.9 Å². The number of nitrogens with zero attached hydrogens (tertiary/aromatic N) is 2. The number of halogens is 3. The second-order valence-electron chi connectivity index (χ2n) is 7.37. The van der Waals surface area contributed by atoms with Crippen LogP contribution in [0.2, 0.25) is 25.7 Å². The Bertz CT molecular complexity index is 595. The van der Waals surface area contributed by atoms with Gasteiger partial charge in [0.1, 0.15) is 5.75 Å². The van der Waals surface area contributed by atoms with Gasteiger partial charge in [-0.1, -0.05) is 25.7 Å². The van der Waals surface area contributed by atoms with Gasteiger partial charge in [0, 0.05) is 27.4 Å². The molecule has 0 spiro atoms. The van der Waals surface area contributed by atoms with Gasteiger partial charge >= 0.3 is 6.18 Å². The molecule has 0 aliphatic heterocycles. The Labute approximate surface area is 149 Å². The molecule has 0 aliphatic rings. The van der Waals surface area contributed by atoms with Gasteiger partial charge in [-0.15, -0.1) is 0 Å². The average molecular weight is 375 g/mol. The molecule has 0 saturated carbocycles. The van der Waals surface area contributed by atoms with E-state index in [0.717, 1.165) is 24.1 Å². The molecule has 3 nitrogen and oxygen atoms in total. The Hall–Kier alpha value is -1.50. The lowest BCUT2D eigenvalue weighted by molar-refractivity contribution is -0.138. The molecule has 1 aromatic carbocycles. The van der Waals surface area contributed by atoms with Crippen LogP contribution in [0.5, 0.6) is 5.75 Å². The minimum atomic E-state index is -4.46. The van der Waals surface area contributed by atoms with Crippen LogP contribution in [-0.2, 0) is 6.18 Å². The number of aryl methyl sites for hydroxylation is 1. The van der Waals surface area contributed by atoms with Crippen molar-refractivity contribution < 1.29 is 17.9 Å². The third-order valence-electron chi connectivity index (χ3n) is 3.75. The van der Waals surface area contributed by atoms with Crippen LogP contribution >= 0.6 is 0 Å². The number of alkyl halides is 3. The summed E-state index contributed by atoms with van der Waals surface area (Å²) in [5, 5.41) is 0. The fraction of sp³-hybridized carbons (Fsp3) is 0.611. The van der Waals surface area contributed by atoms with Gasteiger partial charge < -0.3 is 9.64 Å². The van der Waals surface area contributed by atoms with E-state index in [1.165, 1.54) is 12.4 Å². The third-order valence-corrected chi connectivity index (χ3v) is 5.60. The van der Waals surface area contributed by atoms with E-state index in [0.29, 0.717) is 18.8 Å². The zero-order chi connectivity index (χ0) is 19.3. The second-order valence-corrected chi connectivity index (χ2v) is 13.0. The number of aliphatic imine (C=N–C) groups is 1. The summed E-state index contributed by atoms with van der Waals surface area (Å²) in [6, 6.07) is 3.65. The number of benzene rings is 1. The predicted molar refractivity (Wildman–Crippen MR) is 102 cm³/mol. The van der Waals surface area contributed by atoms with Gasteiger partial charge in [0.25, 0.3) is 0 Å². The molecule has 0 bridgehead atoms. The highest BCUT2D eigenvalue weighted by Gasteiger charge is 2.35. The van der Waals surface area contributed by atoms with Crippen molar-refractivity contribution in [3.05, 3.63) is 23.3 Å². The zero-order valence-corrected chi connectivity index (χ0v) is 17.0. The average Bonchev–Trinajstić information content (AvgIpc) is 2.47. The number of ether oxygens (including phenoxy) is 1. The van der Waals surface area contributed by atoms with Gasteiger partial charge in [0.15, 0.2) is 0 Å². The molecule has 25 heavy (non-hydrogen) atoms. The molecule has 0 amide bonds. The predicted octanol–water partition coefficient (Wildman–Crippen LogP) is 5.61. The molecule has 0 aromatic heterocycles. The molecule has 0 aliphatic carbocycles. The van der Waals surface area contributed by atoms with Crippen LogP contribution in [-0.4, -0.2) is 34.6 Å². The highest BCUT2D eigenvalue weighted by atomic mass is 28.3. The SMILES string of the molecule is CCN=CN(C)c1cc(C(F)(F)F)c(OCCC[Si](C)(C)C)cc1C. The van der Waals surface area contributed by atoms with Crippen LogP contribution in [0.3, 0.4) is 0 Å². The van der Waals surface area contributed by atoms with Gasteiger partial charge in [0.2, 0.25) is 0 Å². The van der Waals surface area contributed by atoms with Crippen LogP contribution in [0.4, 0.5) is 18.9 Å². The number of anilines is 1. The lowest BCUT2D eigenvalue weighted by atomic mass is 10.1. The lowest BCUT2D eigenvalue weighted by Crippen LogP contribution is -2.20. The van der Waals surface area contributed by atoms with Crippen LogP contribution in [0, 0.1) is 6.92 Å². The van der Waals surface area contributed by atoms with Gasteiger partial charge in [-0.3, -0.25) is 4.99 Å². The van der Waals surface area contributed by atoms with Crippen molar-refractivity contribution in [1.29, 1.82) is 0 Å². The molecule has 0 atom stereocenters. The Balaban J connectivity index is 3.05. The van der Waals surface area contributed by atoms with Crippen molar-refractivity contribution in [2.45, 2.75) is 52.1 Å². The van der Waals surface area contributed by atoms with Crippen LogP contribution in [0.1, 0.15) is 24.5 Å². The van der Waals surface area contributed by atoms with Crippen molar-refractivity contribution in [3.63, 3.8) is 0 Å². The molecule has 0 fully saturated rings. The normalized spacial score (nSPS) is 12.7. The number of hydrogen-bond donors (Lipinski definition) is 0. The Kier molecular flexibility index (Phi) is 7.53. The highest BCUT2D eigenvalue weighted by Crippen LogP contribution is 2.40. The van der Waals surface area contributed by atoms with Crippen molar-refractivity contribution in [3.8, 4) is 5.75 Å². The van der Waals surface area contributed by atoms with E-state index in [1.807, 2.05) is 6.92 Å². The lowest BCUT2D eigenvalue weighted by Gasteiger charge is -2.22. The van der Waals surface area contributed by atoms with Crippen molar-refractivity contribution in [1.82, 2.24) is 0 Å². The summed E-state index contributed by atoms with van der Waals surface area (Å²) in [7, 11) is 0.474. The minimum absolute atomic E-state index is 0.0924. The van der Waals surface area contributed by atoms with E-state index < -0.39 is 19.8 Å².